The molecular formula is C13H19NO2S. The van der Waals surface area contributed by atoms with Crippen LogP contribution in [-0.2, 0) is 22.9 Å². The van der Waals surface area contributed by atoms with Gasteiger partial charge in [0.2, 0.25) is 10.0 Å². The fourth-order valence-corrected chi connectivity index (χ4v) is 3.10. The molecule has 0 aromatic heterocycles. The maximum atomic E-state index is 11.8. The maximum Gasteiger partial charge on any atom is 0.214 e. The number of rotatable bonds is 3. The zero-order chi connectivity index (χ0) is 12.6. The van der Waals surface area contributed by atoms with Gasteiger partial charge in [-0.1, -0.05) is 23.8 Å². The topological polar surface area (TPSA) is 46.2 Å². The molecular weight excluding hydrogens is 234 g/mol. The third kappa shape index (κ3) is 2.69. The zero-order valence-corrected chi connectivity index (χ0v) is 11.3. The summed E-state index contributed by atoms with van der Waals surface area (Å²) in [7, 11) is -3.16. The van der Waals surface area contributed by atoms with Gasteiger partial charge in [0.15, 0.2) is 0 Å². The summed E-state index contributed by atoms with van der Waals surface area (Å²) in [6, 6.07) is 6.37. The summed E-state index contributed by atoms with van der Waals surface area (Å²) in [6.07, 6.45) is 1.62. The van der Waals surface area contributed by atoms with Crippen molar-refractivity contribution in [3.63, 3.8) is 0 Å². The van der Waals surface area contributed by atoms with Gasteiger partial charge >= 0.3 is 0 Å². The van der Waals surface area contributed by atoms with E-state index in [1.54, 1.807) is 13.8 Å². The van der Waals surface area contributed by atoms with Gasteiger partial charge in [-0.05, 0) is 44.7 Å². The monoisotopic (exact) mass is 253 g/mol. The molecule has 0 radical (unpaired) electrons. The first kappa shape index (κ1) is 12.6. The lowest BCUT2D eigenvalue weighted by Gasteiger charge is -2.14. The number of aryl methyl sites for hydroxylation is 1. The van der Waals surface area contributed by atoms with Crippen LogP contribution in [0.1, 0.15) is 30.5 Å². The molecule has 1 N–H and O–H groups in total. The molecule has 94 valence electrons. The highest BCUT2D eigenvalue weighted by Gasteiger charge is 2.26. The molecule has 0 saturated carbocycles. The van der Waals surface area contributed by atoms with Gasteiger partial charge in [0.1, 0.15) is 0 Å². The highest BCUT2D eigenvalue weighted by atomic mass is 32.2. The van der Waals surface area contributed by atoms with E-state index in [2.05, 4.69) is 29.8 Å². The molecule has 0 saturated heterocycles. The van der Waals surface area contributed by atoms with Gasteiger partial charge in [0, 0.05) is 6.04 Å². The van der Waals surface area contributed by atoms with E-state index in [0.717, 1.165) is 12.8 Å². The fourth-order valence-electron chi connectivity index (χ4n) is 2.20. The van der Waals surface area contributed by atoms with Gasteiger partial charge in [-0.15, -0.1) is 0 Å². The minimum absolute atomic E-state index is 0.0270. The van der Waals surface area contributed by atoms with Crippen LogP contribution in [0.4, 0.5) is 0 Å². The Hall–Kier alpha value is -0.870. The Kier molecular flexibility index (Phi) is 3.27. The van der Waals surface area contributed by atoms with Crippen LogP contribution in [0.25, 0.3) is 0 Å². The summed E-state index contributed by atoms with van der Waals surface area (Å²) in [4.78, 5) is 0. The third-order valence-corrected chi connectivity index (χ3v) is 5.15. The Balaban J connectivity index is 2.11. The van der Waals surface area contributed by atoms with Crippen molar-refractivity contribution in [3.8, 4) is 0 Å². The number of sulfonamides is 1. The summed E-state index contributed by atoms with van der Waals surface area (Å²) in [5.74, 6) is 0. The van der Waals surface area contributed by atoms with Crippen molar-refractivity contribution in [1.82, 2.24) is 4.72 Å². The van der Waals surface area contributed by atoms with Crippen LogP contribution in [0.5, 0.6) is 0 Å². The van der Waals surface area contributed by atoms with Crippen LogP contribution >= 0.6 is 0 Å². The molecule has 1 atom stereocenters. The second-order valence-corrected chi connectivity index (χ2v) is 7.36. The van der Waals surface area contributed by atoms with E-state index < -0.39 is 10.0 Å². The van der Waals surface area contributed by atoms with Crippen LogP contribution < -0.4 is 4.72 Å². The average molecular weight is 253 g/mol. The molecule has 17 heavy (non-hydrogen) atoms. The molecule has 0 spiro atoms. The fraction of sp³-hybridized carbons (Fsp3) is 0.538. The second kappa shape index (κ2) is 4.42. The summed E-state index contributed by atoms with van der Waals surface area (Å²) in [5, 5.41) is -0.368. The van der Waals surface area contributed by atoms with Crippen molar-refractivity contribution in [2.24, 2.45) is 0 Å². The number of nitrogens with one attached hydrogen (secondary N) is 1. The zero-order valence-electron chi connectivity index (χ0n) is 10.5. The lowest BCUT2D eigenvalue weighted by Crippen LogP contribution is -2.39. The van der Waals surface area contributed by atoms with Crippen LogP contribution in [0.15, 0.2) is 18.2 Å². The van der Waals surface area contributed by atoms with Crippen molar-refractivity contribution in [2.75, 3.05) is 0 Å². The normalized spacial score (nSPS) is 19.6. The van der Waals surface area contributed by atoms with Crippen molar-refractivity contribution >= 4 is 10.0 Å². The van der Waals surface area contributed by atoms with E-state index in [4.69, 9.17) is 0 Å². The Morgan fingerprint density at radius 1 is 1.24 bits per heavy atom. The molecule has 0 amide bonds. The van der Waals surface area contributed by atoms with E-state index >= 15 is 0 Å². The standard InChI is InChI=1S/C13H19NO2S/c1-9(2)17(15,16)14-13-7-11-5-4-10(3)6-12(11)8-13/h4-6,9,13-14H,7-8H2,1-3H3. The van der Waals surface area contributed by atoms with Crippen LogP contribution in [0, 0.1) is 6.92 Å². The first-order valence-corrected chi connectivity index (χ1v) is 7.52. The Labute approximate surface area is 103 Å². The minimum atomic E-state index is -3.16. The molecule has 1 aromatic rings. The van der Waals surface area contributed by atoms with Gasteiger partial charge in [0.25, 0.3) is 0 Å². The summed E-state index contributed by atoms with van der Waals surface area (Å²) >= 11 is 0. The molecule has 1 aromatic carbocycles. The molecule has 1 aliphatic rings. The number of fused-ring (bicyclic) bond motifs is 1. The maximum absolute atomic E-state index is 11.8. The highest BCUT2D eigenvalue weighted by molar-refractivity contribution is 7.90. The van der Waals surface area contributed by atoms with E-state index in [1.165, 1.54) is 16.7 Å². The van der Waals surface area contributed by atoms with Gasteiger partial charge < -0.3 is 0 Å². The third-order valence-electron chi connectivity index (χ3n) is 3.25. The molecule has 0 heterocycles. The predicted molar refractivity (Wildman–Crippen MR) is 69.6 cm³/mol. The van der Waals surface area contributed by atoms with E-state index in [-0.39, 0.29) is 11.3 Å². The lowest BCUT2D eigenvalue weighted by atomic mass is 10.1. The van der Waals surface area contributed by atoms with Gasteiger partial charge in [-0.2, -0.15) is 0 Å². The molecule has 0 fully saturated rings. The number of hydrogen-bond donors (Lipinski definition) is 1. The molecule has 1 unspecified atom stereocenters. The lowest BCUT2D eigenvalue weighted by molar-refractivity contribution is 0.547. The molecule has 4 heteroatoms. The SMILES string of the molecule is Cc1ccc2c(c1)CC(NS(=O)(=O)C(C)C)C2. The molecule has 2 rings (SSSR count). The summed E-state index contributed by atoms with van der Waals surface area (Å²) < 4.78 is 26.4. The minimum Gasteiger partial charge on any atom is -0.212 e. The average Bonchev–Trinajstić information content (AvgIpc) is 2.57. The van der Waals surface area contributed by atoms with E-state index in [1.807, 2.05) is 0 Å². The van der Waals surface area contributed by atoms with Gasteiger partial charge in [0.05, 0.1) is 5.25 Å². The van der Waals surface area contributed by atoms with Crippen LogP contribution in [0.2, 0.25) is 0 Å². The molecule has 0 bridgehead atoms. The van der Waals surface area contributed by atoms with Crippen LogP contribution in [-0.4, -0.2) is 19.7 Å². The molecule has 1 aliphatic carbocycles. The number of benzene rings is 1. The van der Waals surface area contributed by atoms with Crippen molar-refractivity contribution < 1.29 is 8.42 Å². The van der Waals surface area contributed by atoms with Gasteiger partial charge in [-0.25, -0.2) is 13.1 Å². The Bertz CT molecular complexity index is 520. The van der Waals surface area contributed by atoms with E-state index in [0.29, 0.717) is 0 Å². The van der Waals surface area contributed by atoms with Gasteiger partial charge in [-0.3, -0.25) is 0 Å². The largest absolute Gasteiger partial charge is 0.214 e. The van der Waals surface area contributed by atoms with Crippen molar-refractivity contribution in [1.29, 1.82) is 0 Å². The smallest absolute Gasteiger partial charge is 0.212 e. The molecule has 3 nitrogen and oxygen atoms in total. The van der Waals surface area contributed by atoms with Crippen LogP contribution in [0.3, 0.4) is 0 Å². The summed E-state index contributed by atoms with van der Waals surface area (Å²) in [6.45, 7) is 5.47. The predicted octanol–water partition coefficient (Wildman–Crippen LogP) is 1.79. The Morgan fingerprint density at radius 3 is 2.53 bits per heavy atom. The second-order valence-electron chi connectivity index (χ2n) is 5.09. The first-order valence-electron chi connectivity index (χ1n) is 5.98. The summed E-state index contributed by atoms with van der Waals surface area (Å²) in [5.41, 5.74) is 3.78. The quantitative estimate of drug-likeness (QED) is 0.892. The number of hydrogen-bond acceptors (Lipinski definition) is 2. The highest BCUT2D eigenvalue weighted by Crippen LogP contribution is 2.23. The van der Waals surface area contributed by atoms with Crippen molar-refractivity contribution in [2.45, 2.75) is 44.9 Å². The van der Waals surface area contributed by atoms with Crippen molar-refractivity contribution in [3.05, 3.63) is 34.9 Å². The Morgan fingerprint density at radius 2 is 1.88 bits per heavy atom. The van der Waals surface area contributed by atoms with E-state index in [9.17, 15) is 8.42 Å². The molecule has 0 aliphatic heterocycles. The first-order chi connectivity index (χ1) is 7.88.